The average Bonchev–Trinajstić information content (AvgIpc) is 2.34. The molecule has 2 rings (SSSR count). The van der Waals surface area contributed by atoms with E-state index in [1.165, 1.54) is 24.1 Å². The SMILES string of the molecule is CCOC(c1nc(=S)c2c([nH]1)CCCC2)C(C)(C)C. The number of aromatic amines is 1. The topological polar surface area (TPSA) is 37.9 Å². The van der Waals surface area contributed by atoms with Crippen molar-refractivity contribution in [2.24, 2.45) is 5.41 Å². The van der Waals surface area contributed by atoms with Crippen molar-refractivity contribution >= 4 is 12.2 Å². The highest BCUT2D eigenvalue weighted by Gasteiger charge is 2.29. The van der Waals surface area contributed by atoms with Gasteiger partial charge in [0.15, 0.2) is 0 Å². The van der Waals surface area contributed by atoms with Crippen molar-refractivity contribution in [3.8, 4) is 0 Å². The van der Waals surface area contributed by atoms with E-state index < -0.39 is 0 Å². The van der Waals surface area contributed by atoms with Gasteiger partial charge in [0.25, 0.3) is 0 Å². The third kappa shape index (κ3) is 3.23. The van der Waals surface area contributed by atoms with Crippen LogP contribution in [-0.4, -0.2) is 16.6 Å². The highest BCUT2D eigenvalue weighted by atomic mass is 32.1. The van der Waals surface area contributed by atoms with E-state index in [9.17, 15) is 0 Å². The molecule has 0 spiro atoms. The van der Waals surface area contributed by atoms with E-state index in [-0.39, 0.29) is 11.5 Å². The Balaban J connectivity index is 2.44. The molecule has 0 saturated carbocycles. The molecule has 1 N–H and O–H groups in total. The summed E-state index contributed by atoms with van der Waals surface area (Å²) in [5.41, 5.74) is 2.52. The molecule has 0 amide bonds. The van der Waals surface area contributed by atoms with Gasteiger partial charge in [0.05, 0.1) is 0 Å². The number of aromatic nitrogens is 2. The van der Waals surface area contributed by atoms with E-state index >= 15 is 0 Å². The molecule has 1 heterocycles. The molecular weight excluding hydrogens is 256 g/mol. The lowest BCUT2D eigenvalue weighted by molar-refractivity contribution is -0.0193. The molecule has 106 valence electrons. The van der Waals surface area contributed by atoms with E-state index in [0.29, 0.717) is 6.61 Å². The van der Waals surface area contributed by atoms with E-state index in [1.54, 1.807) is 0 Å². The Hall–Kier alpha value is -0.740. The maximum atomic E-state index is 5.90. The molecule has 0 aliphatic heterocycles. The van der Waals surface area contributed by atoms with Crippen molar-refractivity contribution in [3.05, 3.63) is 21.7 Å². The molecule has 1 atom stereocenters. The van der Waals surface area contributed by atoms with E-state index in [1.807, 2.05) is 6.92 Å². The minimum absolute atomic E-state index is 0.00415. The van der Waals surface area contributed by atoms with Gasteiger partial charge in [-0.3, -0.25) is 0 Å². The maximum Gasteiger partial charge on any atom is 0.137 e. The summed E-state index contributed by atoms with van der Waals surface area (Å²) in [5.74, 6) is 0.889. The predicted octanol–water partition coefficient (Wildman–Crippen LogP) is 4.14. The van der Waals surface area contributed by atoms with Gasteiger partial charge < -0.3 is 9.72 Å². The van der Waals surface area contributed by atoms with Crippen LogP contribution in [0, 0.1) is 10.1 Å². The van der Waals surface area contributed by atoms with E-state index in [2.05, 4.69) is 30.7 Å². The van der Waals surface area contributed by atoms with Crippen LogP contribution in [0.25, 0.3) is 0 Å². The monoisotopic (exact) mass is 280 g/mol. The minimum atomic E-state index is -0.0357. The zero-order valence-electron chi connectivity index (χ0n) is 12.4. The van der Waals surface area contributed by atoms with Crippen molar-refractivity contribution in [2.45, 2.75) is 59.5 Å². The smallest absolute Gasteiger partial charge is 0.137 e. The standard InChI is InChI=1S/C15H24N2OS/c1-5-18-12(15(2,3)4)13-16-11-9-7-6-8-10(11)14(19)17-13/h12H,5-9H2,1-4H3,(H,16,17,19). The minimum Gasteiger partial charge on any atom is -0.370 e. The number of aryl methyl sites for hydroxylation is 1. The third-order valence-corrected chi connectivity index (χ3v) is 3.93. The largest absolute Gasteiger partial charge is 0.370 e. The first-order valence-corrected chi connectivity index (χ1v) is 7.58. The molecule has 0 aromatic carbocycles. The Morgan fingerprint density at radius 1 is 1.32 bits per heavy atom. The fraction of sp³-hybridized carbons (Fsp3) is 0.733. The van der Waals surface area contributed by atoms with E-state index in [0.717, 1.165) is 23.3 Å². The molecule has 1 unspecified atom stereocenters. The molecule has 1 aliphatic carbocycles. The Kier molecular flexibility index (Phi) is 4.41. The number of fused-ring (bicyclic) bond motifs is 1. The summed E-state index contributed by atoms with van der Waals surface area (Å²) in [6.45, 7) is 9.22. The van der Waals surface area contributed by atoms with Crippen LogP contribution in [0.15, 0.2) is 0 Å². The van der Waals surface area contributed by atoms with Crippen LogP contribution in [0.4, 0.5) is 0 Å². The Morgan fingerprint density at radius 3 is 2.63 bits per heavy atom. The summed E-state index contributed by atoms with van der Waals surface area (Å²) >= 11 is 5.47. The first kappa shape index (κ1) is 14.7. The number of ether oxygens (including phenoxy) is 1. The highest BCUT2D eigenvalue weighted by Crippen LogP contribution is 2.35. The molecule has 4 heteroatoms. The van der Waals surface area contributed by atoms with Gasteiger partial charge in [-0.15, -0.1) is 0 Å². The van der Waals surface area contributed by atoms with Gasteiger partial charge >= 0.3 is 0 Å². The van der Waals surface area contributed by atoms with Gasteiger partial charge in [-0.2, -0.15) is 0 Å². The van der Waals surface area contributed by atoms with Crippen LogP contribution in [0.3, 0.4) is 0 Å². The zero-order valence-corrected chi connectivity index (χ0v) is 13.2. The van der Waals surface area contributed by atoms with Crippen LogP contribution in [0.1, 0.15) is 63.7 Å². The molecule has 19 heavy (non-hydrogen) atoms. The normalized spacial score (nSPS) is 17.1. The summed E-state index contributed by atoms with van der Waals surface area (Å²) < 4.78 is 6.66. The van der Waals surface area contributed by atoms with Gasteiger partial charge in [-0.1, -0.05) is 33.0 Å². The molecule has 0 bridgehead atoms. The molecule has 0 radical (unpaired) electrons. The lowest BCUT2D eigenvalue weighted by atomic mass is 9.88. The molecule has 0 saturated heterocycles. The van der Waals surface area contributed by atoms with Gasteiger partial charge in [-0.25, -0.2) is 4.98 Å². The average molecular weight is 280 g/mol. The van der Waals surface area contributed by atoms with E-state index in [4.69, 9.17) is 17.0 Å². The fourth-order valence-electron chi connectivity index (χ4n) is 2.67. The first-order chi connectivity index (χ1) is 8.93. The van der Waals surface area contributed by atoms with Crippen molar-refractivity contribution in [2.75, 3.05) is 6.61 Å². The number of hydrogen-bond donors (Lipinski definition) is 1. The predicted molar refractivity (Wildman–Crippen MR) is 79.9 cm³/mol. The van der Waals surface area contributed by atoms with Crippen LogP contribution in [0.5, 0.6) is 0 Å². The second-order valence-corrected chi connectivity index (χ2v) is 6.68. The Morgan fingerprint density at radius 2 is 2.00 bits per heavy atom. The van der Waals surface area contributed by atoms with Gasteiger partial charge in [0.1, 0.15) is 16.6 Å². The number of nitrogens with zero attached hydrogens (tertiary/aromatic N) is 1. The molecule has 1 aliphatic rings. The van der Waals surface area contributed by atoms with Crippen molar-refractivity contribution in [3.63, 3.8) is 0 Å². The van der Waals surface area contributed by atoms with Gasteiger partial charge in [0, 0.05) is 17.9 Å². The quantitative estimate of drug-likeness (QED) is 0.846. The Labute approximate surface area is 120 Å². The number of H-pyrrole nitrogens is 1. The maximum absolute atomic E-state index is 5.90. The van der Waals surface area contributed by atoms with Crippen molar-refractivity contribution < 1.29 is 4.74 Å². The summed E-state index contributed by atoms with van der Waals surface area (Å²) in [6, 6.07) is 0. The van der Waals surface area contributed by atoms with Crippen LogP contribution in [0.2, 0.25) is 0 Å². The number of nitrogens with one attached hydrogen (secondary N) is 1. The number of hydrogen-bond acceptors (Lipinski definition) is 3. The molecule has 0 fully saturated rings. The first-order valence-electron chi connectivity index (χ1n) is 7.17. The molecule has 1 aromatic heterocycles. The van der Waals surface area contributed by atoms with Gasteiger partial charge in [-0.05, 0) is 38.0 Å². The Bertz CT molecular complexity index is 502. The second-order valence-electron chi connectivity index (χ2n) is 6.29. The summed E-state index contributed by atoms with van der Waals surface area (Å²) in [6.07, 6.45) is 4.56. The lowest BCUT2D eigenvalue weighted by Gasteiger charge is -2.30. The fourth-order valence-corrected chi connectivity index (χ4v) is 2.99. The zero-order chi connectivity index (χ0) is 14.0. The third-order valence-electron chi connectivity index (χ3n) is 3.60. The van der Waals surface area contributed by atoms with Crippen molar-refractivity contribution in [1.29, 1.82) is 0 Å². The molecular formula is C15H24N2OS. The summed E-state index contributed by atoms with van der Waals surface area (Å²) in [7, 11) is 0. The van der Waals surface area contributed by atoms with Crippen LogP contribution < -0.4 is 0 Å². The molecule has 3 nitrogen and oxygen atoms in total. The summed E-state index contributed by atoms with van der Waals surface area (Å²) in [5, 5.41) is 0. The second kappa shape index (κ2) is 5.71. The summed E-state index contributed by atoms with van der Waals surface area (Å²) in [4.78, 5) is 8.10. The number of rotatable bonds is 3. The highest BCUT2D eigenvalue weighted by molar-refractivity contribution is 7.71. The van der Waals surface area contributed by atoms with Crippen LogP contribution >= 0.6 is 12.2 Å². The lowest BCUT2D eigenvalue weighted by Crippen LogP contribution is -2.25. The van der Waals surface area contributed by atoms with Gasteiger partial charge in [0.2, 0.25) is 0 Å². The van der Waals surface area contributed by atoms with Crippen molar-refractivity contribution in [1.82, 2.24) is 9.97 Å². The van der Waals surface area contributed by atoms with Crippen LogP contribution in [-0.2, 0) is 17.6 Å². The molecule has 1 aromatic rings.